The summed E-state index contributed by atoms with van der Waals surface area (Å²) in [5.41, 5.74) is -1.00. The normalized spacial score (nSPS) is 17.2. The molecule has 5 nitrogen and oxygen atoms in total. The molecule has 1 heterocycles. The van der Waals surface area contributed by atoms with E-state index in [1.165, 1.54) is 0 Å². The first kappa shape index (κ1) is 20.6. The molecule has 1 fully saturated rings. The second-order valence-electron chi connectivity index (χ2n) is 8.07. The first-order valence-electron chi connectivity index (χ1n) is 10.1. The van der Waals surface area contributed by atoms with Crippen molar-refractivity contribution >= 4 is 5.97 Å². The first-order valence-corrected chi connectivity index (χ1v) is 10.1. The van der Waals surface area contributed by atoms with Crippen molar-refractivity contribution in [3.63, 3.8) is 0 Å². The van der Waals surface area contributed by atoms with Gasteiger partial charge in [-0.15, -0.1) is 0 Å². The smallest absolute Gasteiger partial charge is 0.343 e. The zero-order chi connectivity index (χ0) is 20.1. The van der Waals surface area contributed by atoms with Gasteiger partial charge < -0.3 is 14.3 Å². The third-order valence-electron chi connectivity index (χ3n) is 5.82. The van der Waals surface area contributed by atoms with Crippen molar-refractivity contribution in [2.24, 2.45) is 5.92 Å². The number of ether oxygens (including phenoxy) is 1. The second kappa shape index (κ2) is 8.93. The molecular formula is C23H31NO4. The average molecular weight is 386 g/mol. The summed E-state index contributed by atoms with van der Waals surface area (Å²) in [5, 5.41) is 11.4. The zero-order valence-electron chi connectivity index (χ0n) is 17.1. The molecule has 0 amide bonds. The molecule has 28 heavy (non-hydrogen) atoms. The van der Waals surface area contributed by atoms with Gasteiger partial charge in [0.25, 0.3) is 0 Å². The number of nitrogens with zero attached hydrogens (tertiary/aromatic N) is 1. The molecule has 1 saturated carbocycles. The lowest BCUT2D eigenvalue weighted by molar-refractivity contribution is -0.175. The lowest BCUT2D eigenvalue weighted by Gasteiger charge is -2.32. The number of carbonyl (C=O) groups is 1. The maximum atomic E-state index is 13.0. The van der Waals surface area contributed by atoms with E-state index in [0.717, 1.165) is 31.4 Å². The van der Waals surface area contributed by atoms with Crippen molar-refractivity contribution in [3.8, 4) is 0 Å². The molecule has 1 N–H and O–H groups in total. The highest BCUT2D eigenvalue weighted by molar-refractivity contribution is 5.81. The van der Waals surface area contributed by atoms with Crippen LogP contribution in [0.25, 0.3) is 0 Å². The molecule has 152 valence electrons. The van der Waals surface area contributed by atoms with Crippen LogP contribution in [0.2, 0.25) is 0 Å². The number of hydrogen-bond acceptors (Lipinski definition) is 5. The van der Waals surface area contributed by atoms with Gasteiger partial charge in [0.2, 0.25) is 0 Å². The Kier molecular flexibility index (Phi) is 6.57. The van der Waals surface area contributed by atoms with E-state index in [9.17, 15) is 9.90 Å². The van der Waals surface area contributed by atoms with Gasteiger partial charge in [-0.3, -0.25) is 4.90 Å². The highest BCUT2D eigenvalue weighted by atomic mass is 16.6. The Morgan fingerprint density at radius 3 is 2.46 bits per heavy atom. The van der Waals surface area contributed by atoms with Gasteiger partial charge in [-0.25, -0.2) is 4.79 Å². The van der Waals surface area contributed by atoms with Gasteiger partial charge in [0, 0.05) is 12.0 Å². The number of aliphatic hydroxyl groups is 1. The fourth-order valence-electron chi connectivity index (χ4n) is 3.82. The van der Waals surface area contributed by atoms with Crippen LogP contribution in [0.5, 0.6) is 0 Å². The quantitative estimate of drug-likeness (QED) is 0.689. The zero-order valence-corrected chi connectivity index (χ0v) is 17.1. The Morgan fingerprint density at radius 2 is 1.82 bits per heavy atom. The lowest BCUT2D eigenvalue weighted by Crippen LogP contribution is -2.43. The SMILES string of the molecule is CC(C)N(C)Cc1ccc(COC(=O)[C@@](O)(c2ccccc2)C2CCCC2)o1. The van der Waals surface area contributed by atoms with Crippen molar-refractivity contribution in [1.82, 2.24) is 4.90 Å². The third kappa shape index (κ3) is 4.47. The maximum absolute atomic E-state index is 13.0. The van der Waals surface area contributed by atoms with E-state index < -0.39 is 11.6 Å². The van der Waals surface area contributed by atoms with Crippen LogP contribution in [0.15, 0.2) is 46.9 Å². The Labute approximate surface area is 167 Å². The Hall–Kier alpha value is -2.11. The molecule has 0 aliphatic heterocycles. The van der Waals surface area contributed by atoms with Gasteiger partial charge in [0.1, 0.15) is 18.1 Å². The number of furan rings is 1. The van der Waals surface area contributed by atoms with Crippen LogP contribution in [-0.2, 0) is 28.3 Å². The lowest BCUT2D eigenvalue weighted by atomic mass is 9.80. The summed E-state index contributed by atoms with van der Waals surface area (Å²) in [5.74, 6) is 0.704. The standard InChI is InChI=1S/C23H31NO4/c1-17(2)24(3)15-20-13-14-21(28-20)16-27-22(25)23(26,19-11-7-8-12-19)18-9-5-4-6-10-18/h4-6,9-10,13-14,17,19,26H,7-8,11-12,15-16H2,1-3H3/t23-/m1/s1. The van der Waals surface area contributed by atoms with Gasteiger partial charge in [-0.1, -0.05) is 43.2 Å². The molecular weight excluding hydrogens is 354 g/mol. The minimum absolute atomic E-state index is 0.0199. The number of carbonyl (C=O) groups excluding carboxylic acids is 1. The van der Waals surface area contributed by atoms with Crippen molar-refractivity contribution in [2.45, 2.75) is 64.3 Å². The second-order valence-corrected chi connectivity index (χ2v) is 8.07. The Morgan fingerprint density at radius 1 is 1.18 bits per heavy atom. The van der Waals surface area contributed by atoms with Gasteiger partial charge >= 0.3 is 5.97 Å². The van der Waals surface area contributed by atoms with Crippen molar-refractivity contribution in [3.05, 3.63) is 59.5 Å². The van der Waals surface area contributed by atoms with Crippen LogP contribution in [0.4, 0.5) is 0 Å². The molecule has 0 spiro atoms. The van der Waals surface area contributed by atoms with Gasteiger partial charge in [0.15, 0.2) is 5.60 Å². The molecule has 0 radical (unpaired) electrons. The topological polar surface area (TPSA) is 62.9 Å². The summed E-state index contributed by atoms with van der Waals surface area (Å²) >= 11 is 0. The molecule has 0 saturated heterocycles. The fourth-order valence-corrected chi connectivity index (χ4v) is 3.82. The van der Waals surface area contributed by atoms with E-state index in [4.69, 9.17) is 9.15 Å². The van der Waals surface area contributed by atoms with Gasteiger partial charge in [-0.2, -0.15) is 0 Å². The van der Waals surface area contributed by atoms with Crippen molar-refractivity contribution < 1.29 is 19.1 Å². The molecule has 1 aromatic heterocycles. The summed E-state index contributed by atoms with van der Waals surface area (Å²) < 4.78 is 11.3. The molecule has 1 aromatic carbocycles. The van der Waals surface area contributed by atoms with Crippen LogP contribution >= 0.6 is 0 Å². The van der Waals surface area contributed by atoms with E-state index in [-0.39, 0.29) is 12.5 Å². The molecule has 1 aliphatic carbocycles. The monoisotopic (exact) mass is 385 g/mol. The van der Waals surface area contributed by atoms with E-state index in [0.29, 0.717) is 23.9 Å². The van der Waals surface area contributed by atoms with E-state index in [1.807, 2.05) is 37.4 Å². The van der Waals surface area contributed by atoms with E-state index >= 15 is 0 Å². The predicted octanol–water partition coefficient (Wildman–Crippen LogP) is 4.24. The molecule has 3 rings (SSSR count). The predicted molar refractivity (Wildman–Crippen MR) is 107 cm³/mol. The highest BCUT2D eigenvalue weighted by Gasteiger charge is 2.47. The van der Waals surface area contributed by atoms with Crippen LogP contribution < -0.4 is 0 Å². The average Bonchev–Trinajstić information content (AvgIpc) is 3.38. The molecule has 0 unspecified atom stereocenters. The summed E-state index contributed by atoms with van der Waals surface area (Å²) in [6.07, 6.45) is 3.70. The van der Waals surface area contributed by atoms with Crippen molar-refractivity contribution in [1.29, 1.82) is 0 Å². The third-order valence-corrected chi connectivity index (χ3v) is 5.82. The van der Waals surface area contributed by atoms with Gasteiger partial charge in [0.05, 0.1) is 6.54 Å². The number of rotatable bonds is 8. The van der Waals surface area contributed by atoms with Gasteiger partial charge in [-0.05, 0) is 51.4 Å². The Bertz CT molecular complexity index is 764. The fraction of sp³-hybridized carbons (Fsp3) is 0.522. The largest absolute Gasteiger partial charge is 0.461 e. The van der Waals surface area contributed by atoms with E-state index in [1.54, 1.807) is 12.1 Å². The maximum Gasteiger partial charge on any atom is 0.343 e. The van der Waals surface area contributed by atoms with E-state index in [2.05, 4.69) is 18.7 Å². The minimum atomic E-state index is -1.61. The number of benzene rings is 1. The first-order chi connectivity index (χ1) is 13.4. The molecule has 1 atom stereocenters. The minimum Gasteiger partial charge on any atom is -0.461 e. The van der Waals surface area contributed by atoms with Crippen LogP contribution in [0.3, 0.4) is 0 Å². The molecule has 2 aromatic rings. The van der Waals surface area contributed by atoms with Crippen LogP contribution in [-0.4, -0.2) is 29.1 Å². The molecule has 0 bridgehead atoms. The Balaban J connectivity index is 1.69. The number of hydrogen-bond donors (Lipinski definition) is 1. The molecule has 5 heteroatoms. The summed E-state index contributed by atoms with van der Waals surface area (Å²) in [4.78, 5) is 15.1. The van der Waals surface area contributed by atoms with Crippen LogP contribution in [0.1, 0.15) is 56.6 Å². The molecule has 1 aliphatic rings. The summed E-state index contributed by atoms with van der Waals surface area (Å²) in [6.45, 7) is 4.96. The number of esters is 1. The van der Waals surface area contributed by atoms with Crippen LogP contribution in [0, 0.1) is 5.92 Å². The summed E-state index contributed by atoms with van der Waals surface area (Å²) in [6, 6.07) is 13.3. The highest BCUT2D eigenvalue weighted by Crippen LogP contribution is 2.41. The van der Waals surface area contributed by atoms with Crippen molar-refractivity contribution in [2.75, 3.05) is 7.05 Å². The summed E-state index contributed by atoms with van der Waals surface area (Å²) in [7, 11) is 2.04.